The van der Waals surface area contributed by atoms with E-state index in [1.54, 1.807) is 0 Å². The average molecular weight is 231 g/mol. The number of aromatic nitrogens is 2. The Labute approximate surface area is 103 Å². The molecule has 2 heterocycles. The Morgan fingerprint density at radius 2 is 2.18 bits per heavy atom. The second-order valence-corrected chi connectivity index (χ2v) is 5.45. The molecule has 17 heavy (non-hydrogen) atoms. The molecule has 1 fully saturated rings. The largest absolute Gasteiger partial charge is 0.312 e. The molecule has 92 valence electrons. The molecule has 0 saturated heterocycles. The number of hydrogen-bond acceptors (Lipinski definition) is 3. The van der Waals surface area contributed by atoms with Gasteiger partial charge in [-0.3, -0.25) is 0 Å². The molecule has 1 aromatic rings. The molecule has 3 rings (SSSR count). The second-order valence-electron chi connectivity index (χ2n) is 5.45. The summed E-state index contributed by atoms with van der Waals surface area (Å²) in [4.78, 5) is 9.65. The van der Waals surface area contributed by atoms with E-state index in [1.807, 2.05) is 0 Å². The molecular formula is C14H21N3. The van der Waals surface area contributed by atoms with Gasteiger partial charge in [0.15, 0.2) is 0 Å². The van der Waals surface area contributed by atoms with Gasteiger partial charge in [0.2, 0.25) is 0 Å². The molecule has 3 heteroatoms. The molecule has 2 aliphatic rings. The van der Waals surface area contributed by atoms with E-state index >= 15 is 0 Å². The summed E-state index contributed by atoms with van der Waals surface area (Å²) in [6, 6.07) is 0. The minimum Gasteiger partial charge on any atom is -0.312 e. The highest BCUT2D eigenvalue weighted by Crippen LogP contribution is 2.45. The van der Waals surface area contributed by atoms with Crippen LogP contribution >= 0.6 is 0 Å². The lowest BCUT2D eigenvalue weighted by Crippen LogP contribution is -2.27. The summed E-state index contributed by atoms with van der Waals surface area (Å²) in [5.41, 5.74) is 4.00. The highest BCUT2D eigenvalue weighted by atomic mass is 15.0. The third-order valence-electron chi connectivity index (χ3n) is 3.96. The number of nitrogens with one attached hydrogen (secondary N) is 1. The van der Waals surface area contributed by atoms with Crippen LogP contribution in [0.15, 0.2) is 0 Å². The van der Waals surface area contributed by atoms with E-state index in [9.17, 15) is 0 Å². The summed E-state index contributed by atoms with van der Waals surface area (Å²) < 4.78 is 0. The van der Waals surface area contributed by atoms with Crippen LogP contribution in [0.25, 0.3) is 0 Å². The molecule has 0 amide bonds. The zero-order valence-electron chi connectivity index (χ0n) is 10.8. The van der Waals surface area contributed by atoms with Crippen LogP contribution in [0.3, 0.4) is 0 Å². The molecule has 1 saturated carbocycles. The van der Waals surface area contributed by atoms with Crippen molar-refractivity contribution in [2.75, 3.05) is 6.54 Å². The van der Waals surface area contributed by atoms with Crippen LogP contribution in [0.4, 0.5) is 0 Å². The van der Waals surface area contributed by atoms with Gasteiger partial charge in [0.05, 0.1) is 5.69 Å². The molecule has 0 bridgehead atoms. The molecule has 2 atom stereocenters. The Kier molecular flexibility index (Phi) is 2.87. The molecule has 0 spiro atoms. The van der Waals surface area contributed by atoms with Crippen LogP contribution in [0.2, 0.25) is 0 Å². The van der Waals surface area contributed by atoms with Crippen molar-refractivity contribution >= 4 is 0 Å². The summed E-state index contributed by atoms with van der Waals surface area (Å²) >= 11 is 0. The third-order valence-corrected chi connectivity index (χ3v) is 3.96. The van der Waals surface area contributed by atoms with Gasteiger partial charge >= 0.3 is 0 Å². The Balaban J connectivity index is 1.99. The summed E-state index contributed by atoms with van der Waals surface area (Å²) in [6.45, 7) is 6.55. The van der Waals surface area contributed by atoms with Crippen molar-refractivity contribution < 1.29 is 0 Å². The maximum absolute atomic E-state index is 4.84. The molecule has 1 aliphatic heterocycles. The quantitative estimate of drug-likeness (QED) is 0.866. The fourth-order valence-corrected chi connectivity index (χ4v) is 2.73. The van der Waals surface area contributed by atoms with Crippen molar-refractivity contribution in [2.24, 2.45) is 5.92 Å². The molecule has 1 aromatic heterocycles. The minimum absolute atomic E-state index is 0.644. The SMILES string of the molecule is CCCc1nc(C2CC2C)nc2c1CNCC2. The van der Waals surface area contributed by atoms with Crippen molar-refractivity contribution in [3.63, 3.8) is 0 Å². The van der Waals surface area contributed by atoms with Crippen LogP contribution in [-0.2, 0) is 19.4 Å². The topological polar surface area (TPSA) is 37.8 Å². The van der Waals surface area contributed by atoms with Crippen LogP contribution in [0.1, 0.15) is 55.4 Å². The molecule has 0 radical (unpaired) electrons. The fraction of sp³-hybridized carbons (Fsp3) is 0.714. The molecule has 2 unspecified atom stereocenters. The first-order chi connectivity index (χ1) is 8.29. The lowest BCUT2D eigenvalue weighted by atomic mass is 10.0. The van der Waals surface area contributed by atoms with Crippen molar-refractivity contribution in [2.45, 2.75) is 52.0 Å². The smallest absolute Gasteiger partial charge is 0.132 e. The van der Waals surface area contributed by atoms with Gasteiger partial charge in [-0.2, -0.15) is 0 Å². The standard InChI is InChI=1S/C14H21N3/c1-3-4-12-11-8-15-6-5-13(11)17-14(16-12)10-7-9(10)2/h9-10,15H,3-8H2,1-2H3. The van der Waals surface area contributed by atoms with Gasteiger partial charge in [0, 0.05) is 36.7 Å². The normalized spacial score (nSPS) is 26.7. The van der Waals surface area contributed by atoms with Gasteiger partial charge in [-0.25, -0.2) is 9.97 Å². The van der Waals surface area contributed by atoms with E-state index in [0.717, 1.165) is 37.7 Å². The Hall–Kier alpha value is -0.960. The van der Waals surface area contributed by atoms with Crippen molar-refractivity contribution in [3.8, 4) is 0 Å². The Morgan fingerprint density at radius 3 is 2.88 bits per heavy atom. The third kappa shape index (κ3) is 2.08. The highest BCUT2D eigenvalue weighted by molar-refractivity contribution is 5.30. The molecule has 1 aliphatic carbocycles. The summed E-state index contributed by atoms with van der Waals surface area (Å²) in [7, 11) is 0. The summed E-state index contributed by atoms with van der Waals surface area (Å²) in [6.07, 6.45) is 4.62. The maximum atomic E-state index is 4.84. The van der Waals surface area contributed by atoms with E-state index < -0.39 is 0 Å². The monoisotopic (exact) mass is 231 g/mol. The van der Waals surface area contributed by atoms with Crippen molar-refractivity contribution in [3.05, 3.63) is 22.8 Å². The van der Waals surface area contributed by atoms with Gasteiger partial charge in [0.25, 0.3) is 0 Å². The van der Waals surface area contributed by atoms with Crippen LogP contribution in [0, 0.1) is 5.92 Å². The zero-order chi connectivity index (χ0) is 11.8. The van der Waals surface area contributed by atoms with Gasteiger partial charge in [-0.05, 0) is 18.8 Å². The summed E-state index contributed by atoms with van der Waals surface area (Å²) in [5, 5.41) is 3.43. The van der Waals surface area contributed by atoms with Gasteiger partial charge in [0.1, 0.15) is 5.82 Å². The molecule has 1 N–H and O–H groups in total. The van der Waals surface area contributed by atoms with Gasteiger partial charge in [-0.1, -0.05) is 20.3 Å². The first-order valence-corrected chi connectivity index (χ1v) is 6.89. The van der Waals surface area contributed by atoms with Gasteiger partial charge < -0.3 is 5.32 Å². The zero-order valence-corrected chi connectivity index (χ0v) is 10.8. The number of fused-ring (bicyclic) bond motifs is 1. The van der Waals surface area contributed by atoms with Crippen LogP contribution in [-0.4, -0.2) is 16.5 Å². The maximum Gasteiger partial charge on any atom is 0.132 e. The number of rotatable bonds is 3. The van der Waals surface area contributed by atoms with E-state index in [2.05, 4.69) is 19.2 Å². The summed E-state index contributed by atoms with van der Waals surface area (Å²) in [5.74, 6) is 2.57. The minimum atomic E-state index is 0.644. The highest BCUT2D eigenvalue weighted by Gasteiger charge is 2.37. The molecular weight excluding hydrogens is 210 g/mol. The average Bonchev–Trinajstić information content (AvgIpc) is 3.07. The lowest BCUT2D eigenvalue weighted by molar-refractivity contribution is 0.605. The number of hydrogen-bond donors (Lipinski definition) is 1. The lowest BCUT2D eigenvalue weighted by Gasteiger charge is -2.20. The van der Waals surface area contributed by atoms with Crippen molar-refractivity contribution in [1.29, 1.82) is 0 Å². The Morgan fingerprint density at radius 1 is 1.35 bits per heavy atom. The molecule has 3 nitrogen and oxygen atoms in total. The van der Waals surface area contributed by atoms with E-state index in [4.69, 9.17) is 9.97 Å². The predicted molar refractivity (Wildman–Crippen MR) is 68.0 cm³/mol. The van der Waals surface area contributed by atoms with Crippen molar-refractivity contribution in [1.82, 2.24) is 15.3 Å². The number of nitrogens with zero attached hydrogens (tertiary/aromatic N) is 2. The van der Waals surface area contributed by atoms with E-state index in [0.29, 0.717) is 5.92 Å². The predicted octanol–water partition coefficient (Wildman–Crippen LogP) is 2.20. The van der Waals surface area contributed by atoms with Gasteiger partial charge in [-0.15, -0.1) is 0 Å². The first-order valence-electron chi connectivity index (χ1n) is 6.89. The Bertz CT molecular complexity index is 428. The molecule has 0 aromatic carbocycles. The van der Waals surface area contributed by atoms with Crippen LogP contribution < -0.4 is 5.32 Å². The first kappa shape index (κ1) is 11.1. The van der Waals surface area contributed by atoms with E-state index in [-0.39, 0.29) is 0 Å². The second kappa shape index (κ2) is 4.37. The fourth-order valence-electron chi connectivity index (χ4n) is 2.73. The van der Waals surface area contributed by atoms with Crippen LogP contribution in [0.5, 0.6) is 0 Å². The number of aryl methyl sites for hydroxylation is 1. The van der Waals surface area contributed by atoms with E-state index in [1.165, 1.54) is 29.8 Å².